The van der Waals surface area contributed by atoms with Gasteiger partial charge in [0.1, 0.15) is 6.61 Å². The van der Waals surface area contributed by atoms with E-state index < -0.39 is 0 Å². The fourth-order valence-electron chi connectivity index (χ4n) is 1.24. The van der Waals surface area contributed by atoms with Crippen molar-refractivity contribution in [3.05, 3.63) is 21.4 Å². The number of carbonyl (C=O) groups is 2. The number of amides is 2. The normalized spacial score (nSPS) is 9.47. The molecule has 6 heteroatoms. The Hall–Kier alpha value is -1.84. The number of carbonyl (C=O) groups excluding carboxylic acids is 2. The van der Waals surface area contributed by atoms with Crippen LogP contribution >= 0.6 is 11.3 Å². The standard InChI is InChI=1S/C13H16N2O3S/c1-9-7-11(19-10(9)5-4-6-16)13(18)14-8-12(17)15(2)3/h7,16H,6,8H2,1-3H3,(H,14,18). The van der Waals surface area contributed by atoms with Crippen LogP contribution in [0.1, 0.15) is 20.1 Å². The summed E-state index contributed by atoms with van der Waals surface area (Å²) in [5.74, 6) is 4.87. The van der Waals surface area contributed by atoms with Crippen molar-refractivity contribution in [1.82, 2.24) is 10.2 Å². The molecular weight excluding hydrogens is 264 g/mol. The summed E-state index contributed by atoms with van der Waals surface area (Å²) in [6, 6.07) is 1.72. The third-order valence-electron chi connectivity index (χ3n) is 2.32. The van der Waals surface area contributed by atoms with Crippen molar-refractivity contribution in [1.29, 1.82) is 0 Å². The molecule has 102 valence electrons. The number of aliphatic hydroxyl groups is 1. The quantitative estimate of drug-likeness (QED) is 0.778. The molecule has 0 aliphatic heterocycles. The highest BCUT2D eigenvalue weighted by Gasteiger charge is 2.13. The van der Waals surface area contributed by atoms with Crippen LogP contribution in [0.2, 0.25) is 0 Å². The van der Waals surface area contributed by atoms with E-state index in [1.165, 1.54) is 16.2 Å². The number of thiophene rings is 1. The second-order valence-electron chi connectivity index (χ2n) is 4.05. The Morgan fingerprint density at radius 3 is 2.74 bits per heavy atom. The number of rotatable bonds is 3. The van der Waals surface area contributed by atoms with Crippen LogP contribution in [0.4, 0.5) is 0 Å². The molecule has 0 fully saturated rings. The van der Waals surface area contributed by atoms with Gasteiger partial charge in [-0.25, -0.2) is 0 Å². The maximum Gasteiger partial charge on any atom is 0.261 e. The fraction of sp³-hybridized carbons (Fsp3) is 0.385. The summed E-state index contributed by atoms with van der Waals surface area (Å²) in [5.41, 5.74) is 0.884. The van der Waals surface area contributed by atoms with Gasteiger partial charge in [0, 0.05) is 14.1 Å². The first-order chi connectivity index (χ1) is 8.95. The number of hydrogen-bond acceptors (Lipinski definition) is 4. The van der Waals surface area contributed by atoms with Crippen molar-refractivity contribution in [2.75, 3.05) is 27.2 Å². The van der Waals surface area contributed by atoms with Crippen LogP contribution in [0, 0.1) is 18.8 Å². The van der Waals surface area contributed by atoms with Gasteiger partial charge in [0.2, 0.25) is 5.91 Å². The molecule has 0 spiro atoms. The molecule has 2 amide bonds. The summed E-state index contributed by atoms with van der Waals surface area (Å²) in [4.78, 5) is 25.9. The summed E-state index contributed by atoms with van der Waals surface area (Å²) in [7, 11) is 3.26. The van der Waals surface area contributed by atoms with E-state index in [2.05, 4.69) is 17.2 Å². The Bertz CT molecular complexity index is 538. The first-order valence-electron chi connectivity index (χ1n) is 5.64. The van der Waals surface area contributed by atoms with Crippen LogP contribution in [0.15, 0.2) is 6.07 Å². The molecule has 19 heavy (non-hydrogen) atoms. The first kappa shape index (κ1) is 15.2. The van der Waals surface area contributed by atoms with Gasteiger partial charge in [-0.15, -0.1) is 11.3 Å². The predicted octanol–water partition coefficient (Wildman–Crippen LogP) is 0.218. The number of nitrogens with one attached hydrogen (secondary N) is 1. The van der Waals surface area contributed by atoms with Crippen LogP contribution in [-0.4, -0.2) is 49.1 Å². The number of hydrogen-bond donors (Lipinski definition) is 2. The highest BCUT2D eigenvalue weighted by atomic mass is 32.1. The number of aliphatic hydroxyl groups excluding tert-OH is 1. The molecule has 1 rings (SSSR count). The van der Waals surface area contributed by atoms with E-state index in [1.807, 2.05) is 6.92 Å². The average Bonchev–Trinajstić information content (AvgIpc) is 2.74. The lowest BCUT2D eigenvalue weighted by atomic mass is 10.2. The van der Waals surface area contributed by atoms with Crippen LogP contribution in [0.25, 0.3) is 0 Å². The predicted molar refractivity (Wildman–Crippen MR) is 74.0 cm³/mol. The van der Waals surface area contributed by atoms with Crippen LogP contribution in [0.5, 0.6) is 0 Å². The van der Waals surface area contributed by atoms with E-state index in [-0.39, 0.29) is 25.0 Å². The Balaban J connectivity index is 2.70. The topological polar surface area (TPSA) is 69.6 Å². The summed E-state index contributed by atoms with van der Waals surface area (Å²) in [6.45, 7) is 1.61. The Morgan fingerprint density at radius 1 is 1.47 bits per heavy atom. The lowest BCUT2D eigenvalue weighted by Crippen LogP contribution is -2.35. The largest absolute Gasteiger partial charge is 0.384 e. The van der Waals surface area contributed by atoms with Gasteiger partial charge in [-0.3, -0.25) is 9.59 Å². The van der Waals surface area contributed by atoms with E-state index in [0.717, 1.165) is 10.4 Å². The summed E-state index contributed by atoms with van der Waals surface area (Å²) < 4.78 is 0. The summed E-state index contributed by atoms with van der Waals surface area (Å²) >= 11 is 1.25. The van der Waals surface area contributed by atoms with E-state index in [0.29, 0.717) is 4.88 Å². The van der Waals surface area contributed by atoms with E-state index in [9.17, 15) is 9.59 Å². The maximum absolute atomic E-state index is 11.8. The first-order valence-corrected chi connectivity index (χ1v) is 6.46. The minimum Gasteiger partial charge on any atom is -0.384 e. The second kappa shape index (κ2) is 6.92. The van der Waals surface area contributed by atoms with Crippen molar-refractivity contribution in [3.63, 3.8) is 0 Å². The molecule has 2 N–H and O–H groups in total. The molecule has 0 aliphatic carbocycles. The van der Waals surface area contributed by atoms with Gasteiger partial charge in [-0.05, 0) is 18.6 Å². The minimum absolute atomic E-state index is 0.0273. The highest BCUT2D eigenvalue weighted by Crippen LogP contribution is 2.20. The number of likely N-dealkylation sites (N-methyl/N-ethyl adjacent to an activating group) is 1. The smallest absolute Gasteiger partial charge is 0.261 e. The lowest BCUT2D eigenvalue weighted by Gasteiger charge is -2.10. The van der Waals surface area contributed by atoms with E-state index in [1.54, 1.807) is 20.2 Å². The molecule has 0 unspecified atom stereocenters. The molecule has 5 nitrogen and oxygen atoms in total. The van der Waals surface area contributed by atoms with Crippen LogP contribution in [0.3, 0.4) is 0 Å². The zero-order valence-corrected chi connectivity index (χ0v) is 11.9. The highest BCUT2D eigenvalue weighted by molar-refractivity contribution is 7.14. The Morgan fingerprint density at radius 2 is 2.16 bits per heavy atom. The van der Waals surface area contributed by atoms with E-state index >= 15 is 0 Å². The molecule has 0 aliphatic rings. The van der Waals surface area contributed by atoms with Gasteiger partial charge < -0.3 is 15.3 Å². The molecule has 1 aromatic heterocycles. The second-order valence-corrected chi connectivity index (χ2v) is 5.11. The molecule has 0 bridgehead atoms. The van der Waals surface area contributed by atoms with E-state index in [4.69, 9.17) is 5.11 Å². The summed E-state index contributed by atoms with van der Waals surface area (Å²) in [5, 5.41) is 11.2. The monoisotopic (exact) mass is 280 g/mol. The van der Waals surface area contributed by atoms with Crippen molar-refractivity contribution in [2.45, 2.75) is 6.92 Å². The molecule has 1 heterocycles. The van der Waals surface area contributed by atoms with Gasteiger partial charge >= 0.3 is 0 Å². The summed E-state index contributed by atoms with van der Waals surface area (Å²) in [6.07, 6.45) is 0. The van der Waals surface area contributed by atoms with Crippen molar-refractivity contribution < 1.29 is 14.7 Å². The molecular formula is C13H16N2O3S. The third kappa shape index (κ3) is 4.39. The molecule has 1 aromatic rings. The van der Waals surface area contributed by atoms with Crippen LogP contribution in [-0.2, 0) is 4.79 Å². The minimum atomic E-state index is -0.291. The Labute approximate surface area is 116 Å². The van der Waals surface area contributed by atoms with Crippen molar-refractivity contribution >= 4 is 23.2 Å². The van der Waals surface area contributed by atoms with Gasteiger partial charge in [-0.2, -0.15) is 0 Å². The number of nitrogens with zero attached hydrogens (tertiary/aromatic N) is 1. The lowest BCUT2D eigenvalue weighted by molar-refractivity contribution is -0.127. The molecule has 0 aromatic carbocycles. The zero-order chi connectivity index (χ0) is 14.4. The Kier molecular flexibility index (Phi) is 5.55. The van der Waals surface area contributed by atoms with Gasteiger partial charge in [0.25, 0.3) is 5.91 Å². The fourth-order valence-corrected chi connectivity index (χ4v) is 2.20. The van der Waals surface area contributed by atoms with Gasteiger partial charge in [0.15, 0.2) is 0 Å². The van der Waals surface area contributed by atoms with Crippen molar-refractivity contribution in [3.8, 4) is 11.8 Å². The molecule has 0 radical (unpaired) electrons. The molecule has 0 atom stereocenters. The van der Waals surface area contributed by atoms with Gasteiger partial charge in [-0.1, -0.05) is 11.8 Å². The average molecular weight is 280 g/mol. The third-order valence-corrected chi connectivity index (χ3v) is 3.47. The van der Waals surface area contributed by atoms with Gasteiger partial charge in [0.05, 0.1) is 16.3 Å². The SMILES string of the molecule is Cc1cc(C(=O)NCC(=O)N(C)C)sc1C#CCO. The zero-order valence-electron chi connectivity index (χ0n) is 11.1. The van der Waals surface area contributed by atoms with Crippen LogP contribution < -0.4 is 5.32 Å². The molecule has 0 saturated heterocycles. The molecule has 0 saturated carbocycles. The maximum atomic E-state index is 11.8. The number of aryl methyl sites for hydroxylation is 1. The van der Waals surface area contributed by atoms with Crippen molar-refractivity contribution in [2.24, 2.45) is 0 Å².